The number of carbonyl (C=O) groups is 1. The Morgan fingerprint density at radius 3 is 2.87 bits per heavy atom. The summed E-state index contributed by atoms with van der Waals surface area (Å²) in [7, 11) is 0. The molecular formula is C18H22ClN3O. The highest BCUT2D eigenvalue weighted by Gasteiger charge is 2.39. The number of nitrogens with zero attached hydrogens (tertiary/aromatic N) is 2. The first-order valence-corrected chi connectivity index (χ1v) is 8.45. The standard InChI is InChI=1S/C18H22ClN3O/c1-4-22-12(3)15(11(2)21-22)10-18(23)20-17-9-16(17)13-6-5-7-14(19)8-13/h5-8,16-17H,4,9-10H2,1-3H3,(H,20,23)/t16-,17+/m0/s1. The number of hydrogen-bond donors (Lipinski definition) is 1. The Labute approximate surface area is 141 Å². The van der Waals surface area contributed by atoms with Crippen molar-refractivity contribution in [3.8, 4) is 0 Å². The Balaban J connectivity index is 1.60. The molecule has 1 amide bonds. The van der Waals surface area contributed by atoms with E-state index in [2.05, 4.69) is 23.4 Å². The fourth-order valence-corrected chi connectivity index (χ4v) is 3.37. The number of aromatic nitrogens is 2. The van der Waals surface area contributed by atoms with E-state index in [0.717, 1.165) is 34.9 Å². The topological polar surface area (TPSA) is 46.9 Å². The van der Waals surface area contributed by atoms with Crippen LogP contribution in [0.5, 0.6) is 0 Å². The van der Waals surface area contributed by atoms with Gasteiger partial charge in [-0.1, -0.05) is 23.7 Å². The van der Waals surface area contributed by atoms with E-state index >= 15 is 0 Å². The highest BCUT2D eigenvalue weighted by atomic mass is 35.5. The van der Waals surface area contributed by atoms with Gasteiger partial charge in [0.1, 0.15) is 0 Å². The van der Waals surface area contributed by atoms with Gasteiger partial charge in [0.25, 0.3) is 0 Å². The molecule has 1 aromatic heterocycles. The van der Waals surface area contributed by atoms with Crippen molar-refractivity contribution in [3.63, 3.8) is 0 Å². The highest BCUT2D eigenvalue weighted by Crippen LogP contribution is 2.41. The third-order valence-electron chi connectivity index (χ3n) is 4.58. The molecule has 0 radical (unpaired) electrons. The number of hydrogen-bond acceptors (Lipinski definition) is 2. The van der Waals surface area contributed by atoms with Gasteiger partial charge < -0.3 is 5.32 Å². The lowest BCUT2D eigenvalue weighted by Gasteiger charge is -2.06. The van der Waals surface area contributed by atoms with Gasteiger partial charge in [-0.2, -0.15) is 5.10 Å². The minimum absolute atomic E-state index is 0.0707. The van der Waals surface area contributed by atoms with Crippen molar-refractivity contribution in [1.29, 1.82) is 0 Å². The van der Waals surface area contributed by atoms with Crippen molar-refractivity contribution in [2.45, 2.75) is 52.1 Å². The molecule has 1 aliphatic rings. The molecule has 0 aliphatic heterocycles. The minimum Gasteiger partial charge on any atom is -0.352 e. The number of benzene rings is 1. The smallest absolute Gasteiger partial charge is 0.224 e. The van der Waals surface area contributed by atoms with Crippen LogP contribution in [0.15, 0.2) is 24.3 Å². The Bertz CT molecular complexity index is 738. The second-order valence-electron chi connectivity index (χ2n) is 6.21. The van der Waals surface area contributed by atoms with Crippen LogP contribution in [0.2, 0.25) is 5.02 Å². The maximum Gasteiger partial charge on any atom is 0.224 e. The van der Waals surface area contributed by atoms with Crippen LogP contribution in [0, 0.1) is 13.8 Å². The van der Waals surface area contributed by atoms with Gasteiger partial charge >= 0.3 is 0 Å². The van der Waals surface area contributed by atoms with E-state index in [-0.39, 0.29) is 11.9 Å². The fraction of sp³-hybridized carbons (Fsp3) is 0.444. The van der Waals surface area contributed by atoms with Gasteiger partial charge in [0.15, 0.2) is 0 Å². The summed E-state index contributed by atoms with van der Waals surface area (Å²) in [5, 5.41) is 8.35. The van der Waals surface area contributed by atoms with Crippen LogP contribution < -0.4 is 5.32 Å². The van der Waals surface area contributed by atoms with Gasteiger partial charge in [0.2, 0.25) is 5.91 Å². The number of carbonyl (C=O) groups excluding carboxylic acids is 1. The summed E-state index contributed by atoms with van der Waals surface area (Å²) in [5.74, 6) is 0.458. The van der Waals surface area contributed by atoms with Crippen LogP contribution in [0.4, 0.5) is 0 Å². The van der Waals surface area contributed by atoms with E-state index in [1.807, 2.05) is 36.7 Å². The van der Waals surface area contributed by atoms with E-state index in [1.165, 1.54) is 5.56 Å². The van der Waals surface area contributed by atoms with Gasteiger partial charge in [-0.3, -0.25) is 9.48 Å². The molecule has 2 atom stereocenters. The summed E-state index contributed by atoms with van der Waals surface area (Å²) in [6.07, 6.45) is 1.38. The van der Waals surface area contributed by atoms with E-state index in [9.17, 15) is 4.79 Å². The zero-order chi connectivity index (χ0) is 16.6. The molecule has 1 saturated carbocycles. The van der Waals surface area contributed by atoms with E-state index < -0.39 is 0 Å². The largest absolute Gasteiger partial charge is 0.352 e. The van der Waals surface area contributed by atoms with Crippen LogP contribution in [0.1, 0.15) is 41.8 Å². The van der Waals surface area contributed by atoms with E-state index in [0.29, 0.717) is 12.3 Å². The molecule has 0 bridgehead atoms. The average molecular weight is 332 g/mol. The van der Waals surface area contributed by atoms with Crippen molar-refractivity contribution in [3.05, 3.63) is 51.8 Å². The number of halogens is 1. The monoisotopic (exact) mass is 331 g/mol. The zero-order valence-corrected chi connectivity index (χ0v) is 14.5. The van der Waals surface area contributed by atoms with Gasteiger partial charge in [0.05, 0.1) is 12.1 Å². The van der Waals surface area contributed by atoms with Crippen molar-refractivity contribution < 1.29 is 4.79 Å². The molecule has 0 spiro atoms. The molecule has 1 aromatic carbocycles. The molecular weight excluding hydrogens is 310 g/mol. The van der Waals surface area contributed by atoms with Crippen molar-refractivity contribution in [2.24, 2.45) is 0 Å². The van der Waals surface area contributed by atoms with Crippen LogP contribution >= 0.6 is 11.6 Å². The van der Waals surface area contributed by atoms with Crippen LogP contribution in [-0.4, -0.2) is 21.7 Å². The Hall–Kier alpha value is -1.81. The van der Waals surface area contributed by atoms with E-state index in [1.54, 1.807) is 0 Å². The number of amides is 1. The maximum absolute atomic E-state index is 12.3. The first kappa shape index (κ1) is 16.1. The normalized spacial score (nSPS) is 19.7. The SMILES string of the molecule is CCn1nc(C)c(CC(=O)N[C@@H]2C[C@H]2c2cccc(Cl)c2)c1C. The second-order valence-corrected chi connectivity index (χ2v) is 6.65. The van der Waals surface area contributed by atoms with Crippen LogP contribution in [0.3, 0.4) is 0 Å². The molecule has 2 aromatic rings. The van der Waals surface area contributed by atoms with E-state index in [4.69, 9.17) is 11.6 Å². The predicted octanol–water partition coefficient (Wildman–Crippen LogP) is 3.39. The van der Waals surface area contributed by atoms with Crippen LogP contribution in [0.25, 0.3) is 0 Å². The Morgan fingerprint density at radius 2 is 2.22 bits per heavy atom. The first-order valence-electron chi connectivity index (χ1n) is 8.07. The summed E-state index contributed by atoms with van der Waals surface area (Å²) >= 11 is 6.03. The molecule has 1 fully saturated rings. The third kappa shape index (κ3) is 3.42. The molecule has 23 heavy (non-hydrogen) atoms. The summed E-state index contributed by atoms with van der Waals surface area (Å²) in [5.41, 5.74) is 4.28. The summed E-state index contributed by atoms with van der Waals surface area (Å²) in [4.78, 5) is 12.3. The van der Waals surface area contributed by atoms with Crippen molar-refractivity contribution in [2.75, 3.05) is 0 Å². The number of rotatable bonds is 5. The minimum atomic E-state index is 0.0707. The number of nitrogens with one attached hydrogen (secondary N) is 1. The molecule has 5 heteroatoms. The van der Waals surface area contributed by atoms with Gasteiger partial charge in [-0.25, -0.2) is 0 Å². The molecule has 0 saturated heterocycles. The molecule has 4 nitrogen and oxygen atoms in total. The fourth-order valence-electron chi connectivity index (χ4n) is 3.18. The summed E-state index contributed by atoms with van der Waals surface area (Å²) in [6, 6.07) is 8.11. The number of aryl methyl sites for hydroxylation is 2. The van der Waals surface area contributed by atoms with Crippen molar-refractivity contribution in [1.82, 2.24) is 15.1 Å². The lowest BCUT2D eigenvalue weighted by molar-refractivity contribution is -0.120. The quantitative estimate of drug-likeness (QED) is 0.913. The molecule has 3 rings (SSSR count). The third-order valence-corrected chi connectivity index (χ3v) is 4.82. The first-order chi connectivity index (χ1) is 11.0. The predicted molar refractivity (Wildman–Crippen MR) is 91.8 cm³/mol. The maximum atomic E-state index is 12.3. The van der Waals surface area contributed by atoms with Gasteiger partial charge in [-0.15, -0.1) is 0 Å². The molecule has 1 aliphatic carbocycles. The summed E-state index contributed by atoms with van der Waals surface area (Å²) in [6.45, 7) is 6.88. The van der Waals surface area contributed by atoms with Gasteiger partial charge in [0, 0.05) is 34.8 Å². The van der Waals surface area contributed by atoms with Crippen LogP contribution in [-0.2, 0) is 17.8 Å². The highest BCUT2D eigenvalue weighted by molar-refractivity contribution is 6.30. The molecule has 122 valence electrons. The Kier molecular flexibility index (Phi) is 4.44. The summed E-state index contributed by atoms with van der Waals surface area (Å²) < 4.78 is 1.95. The zero-order valence-electron chi connectivity index (χ0n) is 13.8. The molecule has 0 unspecified atom stereocenters. The van der Waals surface area contributed by atoms with Crippen molar-refractivity contribution >= 4 is 17.5 Å². The van der Waals surface area contributed by atoms with Gasteiger partial charge in [-0.05, 0) is 44.9 Å². The second kappa shape index (κ2) is 6.36. The molecule has 1 N–H and O–H groups in total. The lowest BCUT2D eigenvalue weighted by atomic mass is 10.1. The lowest BCUT2D eigenvalue weighted by Crippen LogP contribution is -2.28. The average Bonchev–Trinajstić information content (AvgIpc) is 3.22. The molecule has 1 heterocycles. The Morgan fingerprint density at radius 1 is 1.43 bits per heavy atom.